The number of benzene rings is 2. The lowest BCUT2D eigenvalue weighted by Crippen LogP contribution is -2.24. The SMILES string of the molecule is COc1ccc2c(c1)C=[N+](Cc1ccccc1)CO2. The predicted octanol–water partition coefficient (Wildman–Crippen LogP) is 2.68. The van der Waals surface area contributed by atoms with Crippen molar-refractivity contribution in [3.63, 3.8) is 0 Å². The van der Waals surface area contributed by atoms with Gasteiger partial charge in [-0.2, -0.15) is 4.58 Å². The van der Waals surface area contributed by atoms with Crippen molar-refractivity contribution in [2.75, 3.05) is 13.8 Å². The van der Waals surface area contributed by atoms with Gasteiger partial charge in [0.25, 0.3) is 6.73 Å². The quantitative estimate of drug-likeness (QED) is 0.785. The summed E-state index contributed by atoms with van der Waals surface area (Å²) in [5, 5.41) is 0. The van der Waals surface area contributed by atoms with Gasteiger partial charge in [-0.25, -0.2) is 0 Å². The Hall–Kier alpha value is -2.29. The minimum Gasteiger partial charge on any atom is -0.497 e. The first-order chi connectivity index (χ1) is 9.35. The lowest BCUT2D eigenvalue weighted by Gasteiger charge is -2.14. The number of ether oxygens (including phenoxy) is 2. The molecule has 3 heteroatoms. The summed E-state index contributed by atoms with van der Waals surface area (Å²) in [7, 11) is 1.67. The van der Waals surface area contributed by atoms with E-state index in [1.165, 1.54) is 5.56 Å². The summed E-state index contributed by atoms with van der Waals surface area (Å²) in [6.07, 6.45) is 2.12. The molecule has 0 atom stereocenters. The van der Waals surface area contributed by atoms with Gasteiger partial charge in [0.1, 0.15) is 11.5 Å². The first-order valence-corrected chi connectivity index (χ1v) is 6.29. The summed E-state index contributed by atoms with van der Waals surface area (Å²) in [6, 6.07) is 16.2. The van der Waals surface area contributed by atoms with Gasteiger partial charge in [0.15, 0.2) is 12.8 Å². The van der Waals surface area contributed by atoms with E-state index < -0.39 is 0 Å². The fourth-order valence-corrected chi connectivity index (χ4v) is 2.18. The molecule has 1 aliphatic heterocycles. The molecule has 19 heavy (non-hydrogen) atoms. The van der Waals surface area contributed by atoms with E-state index >= 15 is 0 Å². The summed E-state index contributed by atoms with van der Waals surface area (Å²) in [6.45, 7) is 1.42. The van der Waals surface area contributed by atoms with Crippen LogP contribution in [0.15, 0.2) is 48.5 Å². The fourth-order valence-electron chi connectivity index (χ4n) is 2.18. The molecule has 2 aromatic rings. The summed E-state index contributed by atoms with van der Waals surface area (Å²) < 4.78 is 13.1. The summed E-state index contributed by atoms with van der Waals surface area (Å²) in [5.41, 5.74) is 2.33. The number of hydrogen-bond acceptors (Lipinski definition) is 2. The van der Waals surface area contributed by atoms with Gasteiger partial charge in [-0.15, -0.1) is 0 Å². The van der Waals surface area contributed by atoms with E-state index in [0.29, 0.717) is 6.73 Å². The Kier molecular flexibility index (Phi) is 3.19. The Balaban J connectivity index is 1.86. The Morgan fingerprint density at radius 2 is 2.00 bits per heavy atom. The van der Waals surface area contributed by atoms with E-state index in [9.17, 15) is 0 Å². The largest absolute Gasteiger partial charge is 0.497 e. The summed E-state index contributed by atoms with van der Waals surface area (Å²) in [4.78, 5) is 0. The maximum atomic E-state index is 5.75. The van der Waals surface area contributed by atoms with Crippen LogP contribution < -0.4 is 9.47 Å². The number of rotatable bonds is 3. The molecule has 0 aliphatic carbocycles. The maximum Gasteiger partial charge on any atom is 0.287 e. The second-order valence-electron chi connectivity index (χ2n) is 4.54. The molecule has 2 aromatic carbocycles. The topological polar surface area (TPSA) is 21.5 Å². The molecular weight excluding hydrogens is 238 g/mol. The highest BCUT2D eigenvalue weighted by molar-refractivity contribution is 5.81. The van der Waals surface area contributed by atoms with Crippen LogP contribution in [-0.2, 0) is 6.54 Å². The monoisotopic (exact) mass is 254 g/mol. The molecule has 0 spiro atoms. The van der Waals surface area contributed by atoms with Crippen LogP contribution in [0.25, 0.3) is 0 Å². The Morgan fingerprint density at radius 3 is 2.79 bits per heavy atom. The van der Waals surface area contributed by atoms with Gasteiger partial charge in [-0.1, -0.05) is 30.3 Å². The Morgan fingerprint density at radius 1 is 1.16 bits per heavy atom. The van der Waals surface area contributed by atoms with Crippen LogP contribution in [0, 0.1) is 0 Å². The minimum atomic E-state index is 0.578. The third-order valence-corrected chi connectivity index (χ3v) is 3.15. The van der Waals surface area contributed by atoms with E-state index in [1.807, 2.05) is 24.3 Å². The number of nitrogens with zero attached hydrogens (tertiary/aromatic N) is 1. The summed E-state index contributed by atoms with van der Waals surface area (Å²) in [5.74, 6) is 1.75. The normalized spacial score (nSPS) is 13.2. The molecule has 0 aromatic heterocycles. The molecule has 0 fully saturated rings. The maximum absolute atomic E-state index is 5.75. The number of methoxy groups -OCH3 is 1. The van der Waals surface area contributed by atoms with Crippen LogP contribution >= 0.6 is 0 Å². The average Bonchev–Trinajstić information content (AvgIpc) is 2.47. The van der Waals surface area contributed by atoms with Gasteiger partial charge in [0.05, 0.1) is 12.7 Å². The van der Waals surface area contributed by atoms with Gasteiger partial charge >= 0.3 is 0 Å². The molecule has 0 bridgehead atoms. The molecule has 1 heterocycles. The van der Waals surface area contributed by atoms with Crippen LogP contribution in [0.5, 0.6) is 11.5 Å². The highest BCUT2D eigenvalue weighted by Gasteiger charge is 2.17. The van der Waals surface area contributed by atoms with Crippen LogP contribution in [0.3, 0.4) is 0 Å². The molecule has 0 unspecified atom stereocenters. The van der Waals surface area contributed by atoms with Crippen molar-refractivity contribution in [2.24, 2.45) is 0 Å². The molecule has 1 aliphatic rings. The molecular formula is C16H16NO2+. The molecule has 3 rings (SSSR count). The number of hydrogen-bond donors (Lipinski definition) is 0. The Bertz CT molecular complexity index is 605. The molecule has 0 radical (unpaired) electrons. The second-order valence-corrected chi connectivity index (χ2v) is 4.54. The lowest BCUT2D eigenvalue weighted by molar-refractivity contribution is -0.571. The zero-order valence-corrected chi connectivity index (χ0v) is 10.9. The van der Waals surface area contributed by atoms with Crippen molar-refractivity contribution >= 4 is 6.21 Å². The van der Waals surface area contributed by atoms with E-state index in [4.69, 9.17) is 9.47 Å². The van der Waals surface area contributed by atoms with E-state index in [0.717, 1.165) is 23.6 Å². The molecule has 3 nitrogen and oxygen atoms in total. The van der Waals surface area contributed by atoms with Crippen LogP contribution in [-0.4, -0.2) is 24.6 Å². The zero-order valence-electron chi connectivity index (χ0n) is 10.9. The fraction of sp³-hybridized carbons (Fsp3) is 0.188. The third-order valence-electron chi connectivity index (χ3n) is 3.15. The van der Waals surface area contributed by atoms with E-state index in [2.05, 4.69) is 35.1 Å². The lowest BCUT2D eigenvalue weighted by atomic mass is 10.2. The highest BCUT2D eigenvalue weighted by Crippen LogP contribution is 2.24. The molecule has 0 amide bonds. The first kappa shape index (κ1) is 11.8. The van der Waals surface area contributed by atoms with Gasteiger partial charge in [-0.05, 0) is 18.2 Å². The first-order valence-electron chi connectivity index (χ1n) is 6.29. The van der Waals surface area contributed by atoms with Crippen molar-refractivity contribution < 1.29 is 14.0 Å². The second kappa shape index (κ2) is 5.14. The number of fused-ring (bicyclic) bond motifs is 1. The molecule has 0 saturated heterocycles. The standard InChI is InChI=1S/C16H16NO2/c1-18-15-7-8-16-14(9-15)11-17(12-19-16)10-13-5-3-2-4-6-13/h2-9,11H,10,12H2,1H3/q+1. The summed E-state index contributed by atoms with van der Waals surface area (Å²) >= 11 is 0. The van der Waals surface area contributed by atoms with Crippen LogP contribution in [0.2, 0.25) is 0 Å². The van der Waals surface area contributed by atoms with Crippen molar-refractivity contribution in [1.82, 2.24) is 0 Å². The molecule has 0 N–H and O–H groups in total. The average molecular weight is 254 g/mol. The smallest absolute Gasteiger partial charge is 0.287 e. The van der Waals surface area contributed by atoms with Crippen LogP contribution in [0.4, 0.5) is 0 Å². The Labute approximate surface area is 112 Å². The predicted molar refractivity (Wildman–Crippen MR) is 74.1 cm³/mol. The van der Waals surface area contributed by atoms with Gasteiger partial charge in [0, 0.05) is 5.56 Å². The molecule has 0 saturated carbocycles. The van der Waals surface area contributed by atoms with Gasteiger partial charge in [-0.3, -0.25) is 0 Å². The van der Waals surface area contributed by atoms with Crippen LogP contribution in [0.1, 0.15) is 11.1 Å². The van der Waals surface area contributed by atoms with Crippen molar-refractivity contribution in [1.29, 1.82) is 0 Å². The van der Waals surface area contributed by atoms with Gasteiger partial charge < -0.3 is 9.47 Å². The highest BCUT2D eigenvalue weighted by atomic mass is 16.5. The van der Waals surface area contributed by atoms with E-state index in [-0.39, 0.29) is 0 Å². The van der Waals surface area contributed by atoms with Gasteiger partial charge in [0.2, 0.25) is 0 Å². The molecule has 96 valence electrons. The van der Waals surface area contributed by atoms with Crippen molar-refractivity contribution in [2.45, 2.75) is 6.54 Å². The zero-order chi connectivity index (χ0) is 13.1. The third kappa shape index (κ3) is 2.60. The van der Waals surface area contributed by atoms with Crippen molar-refractivity contribution in [3.8, 4) is 11.5 Å². The minimum absolute atomic E-state index is 0.578. The van der Waals surface area contributed by atoms with E-state index in [1.54, 1.807) is 7.11 Å². The van der Waals surface area contributed by atoms with Crippen molar-refractivity contribution in [3.05, 3.63) is 59.7 Å².